The molecule has 0 saturated carbocycles. The topological polar surface area (TPSA) is 60.5 Å². The van der Waals surface area contributed by atoms with Crippen LogP contribution in [-0.2, 0) is 17.8 Å². The van der Waals surface area contributed by atoms with Crippen LogP contribution in [0.4, 0.5) is 0 Å². The Morgan fingerprint density at radius 1 is 1.12 bits per heavy atom. The molecule has 0 bridgehead atoms. The van der Waals surface area contributed by atoms with E-state index in [0.29, 0.717) is 30.9 Å². The molecule has 0 spiro atoms. The number of aromatic nitrogens is 1. The van der Waals surface area contributed by atoms with Crippen molar-refractivity contribution in [2.45, 2.75) is 19.4 Å². The molecule has 1 aromatic heterocycles. The van der Waals surface area contributed by atoms with Gasteiger partial charge < -0.3 is 14.8 Å². The largest absolute Gasteiger partial charge is 0.493 e. The summed E-state index contributed by atoms with van der Waals surface area (Å²) in [6.45, 7) is 0.462. The van der Waals surface area contributed by atoms with Crippen molar-refractivity contribution in [3.63, 3.8) is 0 Å². The highest BCUT2D eigenvalue weighted by Crippen LogP contribution is 2.28. The lowest BCUT2D eigenvalue weighted by Crippen LogP contribution is -2.22. The van der Waals surface area contributed by atoms with Crippen LogP contribution in [0.15, 0.2) is 42.5 Å². The summed E-state index contributed by atoms with van der Waals surface area (Å²) in [5.41, 5.74) is 2.01. The second kappa shape index (κ2) is 7.98. The number of amides is 1. The Hall–Kier alpha value is -2.60. The Labute approximate surface area is 150 Å². The Morgan fingerprint density at radius 3 is 2.68 bits per heavy atom. The van der Waals surface area contributed by atoms with E-state index in [1.54, 1.807) is 25.6 Å². The normalized spacial score (nSPS) is 10.6. The molecule has 1 amide bonds. The molecule has 0 atom stereocenters. The van der Waals surface area contributed by atoms with E-state index in [9.17, 15) is 4.79 Å². The molecule has 0 unspecified atom stereocenters. The third-order valence-corrected chi connectivity index (χ3v) is 4.90. The summed E-state index contributed by atoms with van der Waals surface area (Å²) in [6, 6.07) is 13.7. The van der Waals surface area contributed by atoms with Crippen LogP contribution in [0.3, 0.4) is 0 Å². The molecule has 3 rings (SSSR count). The maximum absolute atomic E-state index is 12.1. The minimum absolute atomic E-state index is 0.00837. The third kappa shape index (κ3) is 4.28. The number of nitrogens with one attached hydrogen (secondary N) is 1. The summed E-state index contributed by atoms with van der Waals surface area (Å²) in [5.74, 6) is 1.37. The number of aryl methyl sites for hydroxylation is 1. The predicted octanol–water partition coefficient (Wildman–Crippen LogP) is 3.56. The van der Waals surface area contributed by atoms with Crippen LogP contribution in [0.2, 0.25) is 0 Å². The Kier molecular flexibility index (Phi) is 5.50. The number of benzene rings is 2. The molecule has 1 heterocycles. The zero-order chi connectivity index (χ0) is 17.6. The number of nitrogens with zero attached hydrogens (tertiary/aromatic N) is 1. The van der Waals surface area contributed by atoms with E-state index in [1.807, 2.05) is 42.5 Å². The minimum atomic E-state index is 0.00837. The first-order chi connectivity index (χ1) is 12.2. The van der Waals surface area contributed by atoms with E-state index in [4.69, 9.17) is 9.47 Å². The Bertz CT molecular complexity index is 843. The highest BCUT2D eigenvalue weighted by atomic mass is 32.1. The number of ether oxygens (including phenoxy) is 2. The van der Waals surface area contributed by atoms with Crippen molar-refractivity contribution in [1.82, 2.24) is 10.3 Å². The van der Waals surface area contributed by atoms with Crippen molar-refractivity contribution in [2.24, 2.45) is 0 Å². The van der Waals surface area contributed by atoms with Gasteiger partial charge >= 0.3 is 0 Å². The molecule has 0 aliphatic rings. The van der Waals surface area contributed by atoms with Gasteiger partial charge in [-0.25, -0.2) is 4.98 Å². The number of hydrogen-bond acceptors (Lipinski definition) is 5. The molecule has 5 nitrogen and oxygen atoms in total. The van der Waals surface area contributed by atoms with Gasteiger partial charge in [0, 0.05) is 6.42 Å². The molecular weight excluding hydrogens is 336 g/mol. The maximum atomic E-state index is 12.1. The van der Waals surface area contributed by atoms with Gasteiger partial charge in [0.1, 0.15) is 5.01 Å². The lowest BCUT2D eigenvalue weighted by atomic mass is 10.1. The highest BCUT2D eigenvalue weighted by Gasteiger charge is 2.08. The second-order valence-electron chi connectivity index (χ2n) is 5.54. The average molecular weight is 356 g/mol. The van der Waals surface area contributed by atoms with E-state index >= 15 is 0 Å². The summed E-state index contributed by atoms with van der Waals surface area (Å²) in [7, 11) is 3.21. The molecule has 0 radical (unpaired) electrons. The van der Waals surface area contributed by atoms with Gasteiger partial charge in [-0.15, -0.1) is 11.3 Å². The van der Waals surface area contributed by atoms with Crippen molar-refractivity contribution in [3.8, 4) is 11.5 Å². The molecule has 0 saturated heterocycles. The average Bonchev–Trinajstić information content (AvgIpc) is 3.07. The fourth-order valence-electron chi connectivity index (χ4n) is 2.55. The first-order valence-corrected chi connectivity index (χ1v) is 8.83. The predicted molar refractivity (Wildman–Crippen MR) is 99.3 cm³/mol. The smallest absolute Gasteiger partial charge is 0.220 e. The number of para-hydroxylation sites is 1. The number of rotatable bonds is 7. The molecule has 3 aromatic rings. The molecule has 0 aliphatic heterocycles. The fourth-order valence-corrected chi connectivity index (χ4v) is 3.46. The van der Waals surface area contributed by atoms with Crippen molar-refractivity contribution >= 4 is 27.5 Å². The van der Waals surface area contributed by atoms with Crippen molar-refractivity contribution in [2.75, 3.05) is 14.2 Å². The van der Waals surface area contributed by atoms with E-state index < -0.39 is 0 Å². The van der Waals surface area contributed by atoms with Gasteiger partial charge in [0.2, 0.25) is 5.91 Å². The quantitative estimate of drug-likeness (QED) is 0.703. The van der Waals surface area contributed by atoms with Gasteiger partial charge in [0.25, 0.3) is 0 Å². The first-order valence-electron chi connectivity index (χ1n) is 8.01. The third-order valence-electron chi connectivity index (χ3n) is 3.86. The zero-order valence-corrected chi connectivity index (χ0v) is 15.1. The van der Waals surface area contributed by atoms with Crippen LogP contribution in [-0.4, -0.2) is 25.1 Å². The lowest BCUT2D eigenvalue weighted by Gasteiger charge is -2.09. The van der Waals surface area contributed by atoms with Gasteiger partial charge in [0.05, 0.1) is 31.0 Å². The standard InChI is InChI=1S/C19H20N2O3S/c1-23-15-9-7-13(11-16(15)24-2)8-10-18(22)20-12-19-21-14-5-3-4-6-17(14)25-19/h3-7,9,11H,8,10,12H2,1-2H3,(H,20,22). The van der Waals surface area contributed by atoms with Gasteiger partial charge in [-0.1, -0.05) is 18.2 Å². The van der Waals surface area contributed by atoms with Crippen LogP contribution < -0.4 is 14.8 Å². The van der Waals surface area contributed by atoms with E-state index in [-0.39, 0.29) is 5.91 Å². The van der Waals surface area contributed by atoms with E-state index in [1.165, 1.54) is 0 Å². The summed E-state index contributed by atoms with van der Waals surface area (Å²) in [6.07, 6.45) is 1.06. The van der Waals surface area contributed by atoms with Crippen LogP contribution in [0, 0.1) is 0 Å². The fraction of sp³-hybridized carbons (Fsp3) is 0.263. The molecule has 130 valence electrons. The number of thiazole rings is 1. The SMILES string of the molecule is COc1ccc(CCC(=O)NCc2nc3ccccc3s2)cc1OC. The van der Waals surface area contributed by atoms with Crippen LogP contribution in [0.25, 0.3) is 10.2 Å². The van der Waals surface area contributed by atoms with E-state index in [2.05, 4.69) is 10.3 Å². The lowest BCUT2D eigenvalue weighted by molar-refractivity contribution is -0.121. The zero-order valence-electron chi connectivity index (χ0n) is 14.2. The first kappa shape index (κ1) is 17.2. The van der Waals surface area contributed by atoms with Crippen LogP contribution in [0.1, 0.15) is 17.0 Å². The molecule has 25 heavy (non-hydrogen) atoms. The molecule has 6 heteroatoms. The van der Waals surface area contributed by atoms with Gasteiger partial charge in [0.15, 0.2) is 11.5 Å². The summed E-state index contributed by atoms with van der Waals surface area (Å²) in [5, 5.41) is 3.85. The molecule has 2 aromatic carbocycles. The minimum Gasteiger partial charge on any atom is -0.493 e. The van der Waals surface area contributed by atoms with Crippen molar-refractivity contribution in [1.29, 1.82) is 0 Å². The molecule has 0 aliphatic carbocycles. The van der Waals surface area contributed by atoms with Gasteiger partial charge in [-0.3, -0.25) is 4.79 Å². The Morgan fingerprint density at radius 2 is 1.92 bits per heavy atom. The Balaban J connectivity index is 1.52. The number of carbonyl (C=O) groups is 1. The number of hydrogen-bond donors (Lipinski definition) is 1. The maximum Gasteiger partial charge on any atom is 0.220 e. The second-order valence-corrected chi connectivity index (χ2v) is 6.66. The summed E-state index contributed by atoms with van der Waals surface area (Å²) < 4.78 is 11.6. The number of fused-ring (bicyclic) bond motifs is 1. The summed E-state index contributed by atoms with van der Waals surface area (Å²) >= 11 is 1.61. The molecule has 1 N–H and O–H groups in total. The van der Waals surface area contributed by atoms with Crippen molar-refractivity contribution in [3.05, 3.63) is 53.0 Å². The van der Waals surface area contributed by atoms with Crippen LogP contribution in [0.5, 0.6) is 11.5 Å². The molecule has 0 fully saturated rings. The monoisotopic (exact) mass is 356 g/mol. The molecular formula is C19H20N2O3S. The number of carbonyl (C=O) groups excluding carboxylic acids is 1. The van der Waals surface area contributed by atoms with Crippen LogP contribution >= 0.6 is 11.3 Å². The van der Waals surface area contributed by atoms with Gasteiger partial charge in [-0.2, -0.15) is 0 Å². The highest BCUT2D eigenvalue weighted by molar-refractivity contribution is 7.18. The van der Waals surface area contributed by atoms with Crippen molar-refractivity contribution < 1.29 is 14.3 Å². The van der Waals surface area contributed by atoms with E-state index in [0.717, 1.165) is 20.8 Å². The number of methoxy groups -OCH3 is 2. The van der Waals surface area contributed by atoms with Gasteiger partial charge in [-0.05, 0) is 36.2 Å². The summed E-state index contributed by atoms with van der Waals surface area (Å²) in [4.78, 5) is 16.6.